The SMILES string of the molecule is COC(=O)c1cc2c(nc1Cl)C(C)CCC2. The highest BCUT2D eigenvalue weighted by Gasteiger charge is 2.22. The van der Waals surface area contributed by atoms with Crippen molar-refractivity contribution in [3.05, 3.63) is 28.0 Å². The van der Waals surface area contributed by atoms with Crippen LogP contribution in [0.5, 0.6) is 0 Å². The van der Waals surface area contributed by atoms with Gasteiger partial charge < -0.3 is 4.74 Å². The molecular formula is C12H14ClNO2. The first-order valence-electron chi connectivity index (χ1n) is 5.41. The van der Waals surface area contributed by atoms with Crippen LogP contribution in [-0.4, -0.2) is 18.1 Å². The molecule has 1 aromatic heterocycles. The number of aromatic nitrogens is 1. The Hall–Kier alpha value is -1.09. The average molecular weight is 240 g/mol. The van der Waals surface area contributed by atoms with Crippen LogP contribution in [0.25, 0.3) is 0 Å². The molecule has 1 aromatic rings. The number of esters is 1. The number of pyridine rings is 1. The normalized spacial score (nSPS) is 19.1. The first-order chi connectivity index (χ1) is 7.63. The van der Waals surface area contributed by atoms with Crippen molar-refractivity contribution in [1.29, 1.82) is 0 Å². The quantitative estimate of drug-likeness (QED) is 0.559. The second-order valence-electron chi connectivity index (χ2n) is 4.16. The van der Waals surface area contributed by atoms with Gasteiger partial charge in [0.15, 0.2) is 0 Å². The minimum atomic E-state index is -0.418. The monoisotopic (exact) mass is 239 g/mol. The van der Waals surface area contributed by atoms with E-state index in [1.807, 2.05) is 6.07 Å². The van der Waals surface area contributed by atoms with Crippen molar-refractivity contribution in [3.63, 3.8) is 0 Å². The van der Waals surface area contributed by atoms with Crippen LogP contribution in [0.3, 0.4) is 0 Å². The van der Waals surface area contributed by atoms with Crippen molar-refractivity contribution >= 4 is 17.6 Å². The van der Waals surface area contributed by atoms with Crippen LogP contribution >= 0.6 is 11.6 Å². The Balaban J connectivity index is 2.48. The van der Waals surface area contributed by atoms with E-state index in [-0.39, 0.29) is 5.15 Å². The van der Waals surface area contributed by atoms with Gasteiger partial charge in [0.05, 0.1) is 12.7 Å². The lowest BCUT2D eigenvalue weighted by molar-refractivity contribution is 0.0600. The van der Waals surface area contributed by atoms with Crippen molar-refractivity contribution in [1.82, 2.24) is 4.98 Å². The van der Waals surface area contributed by atoms with Gasteiger partial charge in [0.25, 0.3) is 0 Å². The molecule has 4 heteroatoms. The number of ether oxygens (including phenoxy) is 1. The molecule has 0 amide bonds. The molecule has 0 aromatic carbocycles. The van der Waals surface area contributed by atoms with Crippen LogP contribution in [0.4, 0.5) is 0 Å². The molecular weight excluding hydrogens is 226 g/mol. The molecule has 0 radical (unpaired) electrons. The first kappa shape index (κ1) is 11.4. The summed E-state index contributed by atoms with van der Waals surface area (Å²) in [5, 5.41) is 0.249. The van der Waals surface area contributed by atoms with Gasteiger partial charge in [0.2, 0.25) is 0 Å². The van der Waals surface area contributed by atoms with Gasteiger partial charge in [0, 0.05) is 5.69 Å². The summed E-state index contributed by atoms with van der Waals surface area (Å²) in [6.07, 6.45) is 3.24. The zero-order chi connectivity index (χ0) is 11.7. The molecule has 1 aliphatic carbocycles. The zero-order valence-corrected chi connectivity index (χ0v) is 10.2. The van der Waals surface area contributed by atoms with E-state index < -0.39 is 5.97 Å². The number of rotatable bonds is 1. The number of carbonyl (C=O) groups excluding carboxylic acids is 1. The van der Waals surface area contributed by atoms with E-state index >= 15 is 0 Å². The highest BCUT2D eigenvalue weighted by Crippen LogP contribution is 2.32. The lowest BCUT2D eigenvalue weighted by atomic mass is 9.87. The van der Waals surface area contributed by atoms with E-state index in [1.54, 1.807) is 0 Å². The molecule has 16 heavy (non-hydrogen) atoms. The van der Waals surface area contributed by atoms with Crippen LogP contribution < -0.4 is 0 Å². The predicted octanol–water partition coefficient (Wildman–Crippen LogP) is 2.96. The molecule has 1 unspecified atom stereocenters. The number of hydrogen-bond acceptors (Lipinski definition) is 3. The first-order valence-corrected chi connectivity index (χ1v) is 5.79. The van der Waals surface area contributed by atoms with Gasteiger partial charge in [-0.2, -0.15) is 0 Å². The van der Waals surface area contributed by atoms with Crippen molar-refractivity contribution < 1.29 is 9.53 Å². The minimum absolute atomic E-state index is 0.249. The molecule has 0 bridgehead atoms. The van der Waals surface area contributed by atoms with Gasteiger partial charge in [-0.25, -0.2) is 9.78 Å². The molecule has 1 heterocycles. The molecule has 0 saturated carbocycles. The van der Waals surface area contributed by atoms with Gasteiger partial charge in [0.1, 0.15) is 5.15 Å². The number of halogens is 1. The maximum Gasteiger partial charge on any atom is 0.341 e. The molecule has 1 atom stereocenters. The number of aryl methyl sites for hydroxylation is 1. The molecule has 0 spiro atoms. The Morgan fingerprint density at radius 1 is 1.62 bits per heavy atom. The lowest BCUT2D eigenvalue weighted by Crippen LogP contribution is -2.13. The lowest BCUT2D eigenvalue weighted by Gasteiger charge is -2.21. The van der Waals surface area contributed by atoms with E-state index in [9.17, 15) is 4.79 Å². The fraction of sp³-hybridized carbons (Fsp3) is 0.500. The Bertz CT molecular complexity index is 431. The van der Waals surface area contributed by atoms with Crippen LogP contribution in [0.2, 0.25) is 5.15 Å². The fourth-order valence-electron chi connectivity index (χ4n) is 2.16. The Kier molecular flexibility index (Phi) is 3.15. The highest BCUT2D eigenvalue weighted by atomic mass is 35.5. The topological polar surface area (TPSA) is 39.2 Å². The number of carbonyl (C=O) groups is 1. The van der Waals surface area contributed by atoms with Crippen molar-refractivity contribution in [2.45, 2.75) is 32.1 Å². The molecule has 3 nitrogen and oxygen atoms in total. The minimum Gasteiger partial charge on any atom is -0.465 e. The van der Waals surface area contributed by atoms with Crippen molar-refractivity contribution in [3.8, 4) is 0 Å². The van der Waals surface area contributed by atoms with E-state index in [0.29, 0.717) is 11.5 Å². The van der Waals surface area contributed by atoms with Crippen LogP contribution in [0.15, 0.2) is 6.07 Å². The number of methoxy groups -OCH3 is 1. The van der Waals surface area contributed by atoms with Crippen molar-refractivity contribution in [2.24, 2.45) is 0 Å². The van der Waals surface area contributed by atoms with Gasteiger partial charge >= 0.3 is 5.97 Å². The zero-order valence-electron chi connectivity index (χ0n) is 9.42. The highest BCUT2D eigenvalue weighted by molar-refractivity contribution is 6.32. The molecule has 0 fully saturated rings. The standard InChI is InChI=1S/C12H14ClNO2/c1-7-4-3-5-8-6-9(12(15)16-2)11(13)14-10(7)8/h6-7H,3-5H2,1-2H3. The summed E-state index contributed by atoms with van der Waals surface area (Å²) in [6, 6.07) is 1.83. The molecule has 0 aliphatic heterocycles. The molecule has 1 aliphatic rings. The van der Waals surface area contributed by atoms with Crippen LogP contribution in [-0.2, 0) is 11.2 Å². The third-order valence-electron chi connectivity index (χ3n) is 3.04. The Morgan fingerprint density at radius 2 is 2.38 bits per heavy atom. The molecule has 2 rings (SSSR count). The van der Waals surface area contributed by atoms with E-state index in [1.165, 1.54) is 7.11 Å². The summed E-state index contributed by atoms with van der Waals surface area (Å²) in [5.74, 6) is 0.00599. The summed E-state index contributed by atoms with van der Waals surface area (Å²) in [4.78, 5) is 15.8. The summed E-state index contributed by atoms with van der Waals surface area (Å²) in [5.41, 5.74) is 2.53. The summed E-state index contributed by atoms with van der Waals surface area (Å²) in [7, 11) is 1.35. The largest absolute Gasteiger partial charge is 0.465 e. The smallest absolute Gasteiger partial charge is 0.341 e. The van der Waals surface area contributed by atoms with E-state index in [4.69, 9.17) is 11.6 Å². The predicted molar refractivity (Wildman–Crippen MR) is 61.9 cm³/mol. The second-order valence-corrected chi connectivity index (χ2v) is 4.51. The van der Waals surface area contributed by atoms with Gasteiger partial charge in [-0.05, 0) is 36.8 Å². The fourth-order valence-corrected chi connectivity index (χ4v) is 2.38. The third-order valence-corrected chi connectivity index (χ3v) is 3.33. The third kappa shape index (κ3) is 1.92. The van der Waals surface area contributed by atoms with Gasteiger partial charge in [-0.3, -0.25) is 0 Å². The van der Waals surface area contributed by atoms with Crippen molar-refractivity contribution in [2.75, 3.05) is 7.11 Å². The number of fused-ring (bicyclic) bond motifs is 1. The van der Waals surface area contributed by atoms with Crippen LogP contribution in [0, 0.1) is 0 Å². The Morgan fingerprint density at radius 3 is 3.06 bits per heavy atom. The van der Waals surface area contributed by atoms with E-state index in [2.05, 4.69) is 16.6 Å². The Labute approximate surface area is 99.8 Å². The maximum absolute atomic E-state index is 11.5. The number of hydrogen-bond donors (Lipinski definition) is 0. The molecule has 86 valence electrons. The summed E-state index contributed by atoms with van der Waals surface area (Å²) in [6.45, 7) is 2.14. The second kappa shape index (κ2) is 4.42. The summed E-state index contributed by atoms with van der Waals surface area (Å²) < 4.78 is 4.67. The van der Waals surface area contributed by atoms with E-state index in [0.717, 1.165) is 30.5 Å². The van der Waals surface area contributed by atoms with Crippen LogP contribution in [0.1, 0.15) is 47.3 Å². The summed E-state index contributed by atoms with van der Waals surface area (Å²) >= 11 is 5.99. The van der Waals surface area contributed by atoms with Gasteiger partial charge in [-0.15, -0.1) is 0 Å². The molecule has 0 N–H and O–H groups in total. The average Bonchev–Trinajstić information content (AvgIpc) is 2.29. The van der Waals surface area contributed by atoms with Gasteiger partial charge in [-0.1, -0.05) is 18.5 Å². The number of nitrogens with zero attached hydrogens (tertiary/aromatic N) is 1. The maximum atomic E-state index is 11.5. The molecule has 0 saturated heterocycles.